The highest BCUT2D eigenvalue weighted by molar-refractivity contribution is 5.97. The number of pyridine rings is 1. The Bertz CT molecular complexity index is 1060. The summed E-state index contributed by atoms with van der Waals surface area (Å²) in [4.78, 5) is 28.8. The van der Waals surface area contributed by atoms with Crippen molar-refractivity contribution in [2.45, 2.75) is 26.8 Å². The Hall–Kier alpha value is -3.48. The van der Waals surface area contributed by atoms with Gasteiger partial charge in [0.2, 0.25) is 0 Å². The summed E-state index contributed by atoms with van der Waals surface area (Å²) >= 11 is 0. The van der Waals surface area contributed by atoms with Gasteiger partial charge in [-0.25, -0.2) is 14.2 Å². The molecular formula is C23H23FN2O4. The Morgan fingerprint density at radius 3 is 2.50 bits per heavy atom. The van der Waals surface area contributed by atoms with Crippen molar-refractivity contribution in [3.63, 3.8) is 0 Å². The maximum atomic E-state index is 13.3. The van der Waals surface area contributed by atoms with Crippen LogP contribution in [0, 0.1) is 5.82 Å². The lowest BCUT2D eigenvalue weighted by molar-refractivity contribution is -0.123. The molecule has 6 nitrogen and oxygen atoms in total. The molecule has 1 amide bonds. The first-order chi connectivity index (χ1) is 14.4. The first kappa shape index (κ1) is 21.2. The molecule has 0 unspecified atom stereocenters. The lowest BCUT2D eigenvalue weighted by atomic mass is 10.1. The summed E-state index contributed by atoms with van der Waals surface area (Å²) in [5.74, 6) is -0.671. The van der Waals surface area contributed by atoms with Crippen molar-refractivity contribution in [1.82, 2.24) is 10.3 Å². The van der Waals surface area contributed by atoms with E-state index in [4.69, 9.17) is 9.47 Å². The van der Waals surface area contributed by atoms with Crippen LogP contribution in [0.3, 0.4) is 0 Å². The predicted octanol–water partition coefficient (Wildman–Crippen LogP) is 4.12. The molecule has 30 heavy (non-hydrogen) atoms. The average Bonchev–Trinajstić information content (AvgIpc) is 2.71. The van der Waals surface area contributed by atoms with Crippen LogP contribution in [0.1, 0.15) is 31.1 Å². The van der Waals surface area contributed by atoms with E-state index in [2.05, 4.69) is 10.3 Å². The Morgan fingerprint density at radius 2 is 1.83 bits per heavy atom. The number of aromatic nitrogens is 1. The zero-order chi connectivity index (χ0) is 21.7. The second-order valence-electron chi connectivity index (χ2n) is 6.98. The molecule has 1 N–H and O–H groups in total. The number of halogens is 1. The molecule has 2 aromatic carbocycles. The van der Waals surface area contributed by atoms with Gasteiger partial charge in [0.1, 0.15) is 11.6 Å². The van der Waals surface area contributed by atoms with E-state index in [1.165, 1.54) is 12.1 Å². The second-order valence-corrected chi connectivity index (χ2v) is 6.98. The molecule has 3 aromatic rings. The van der Waals surface area contributed by atoms with E-state index < -0.39 is 5.97 Å². The molecule has 0 saturated carbocycles. The number of benzene rings is 2. The maximum Gasteiger partial charge on any atom is 0.338 e. The van der Waals surface area contributed by atoms with E-state index >= 15 is 0 Å². The van der Waals surface area contributed by atoms with Crippen LogP contribution in [0.5, 0.6) is 5.75 Å². The Kier molecular flexibility index (Phi) is 6.61. The van der Waals surface area contributed by atoms with Crippen molar-refractivity contribution in [3.8, 4) is 17.0 Å². The summed E-state index contributed by atoms with van der Waals surface area (Å²) < 4.78 is 24.1. The molecule has 0 atom stereocenters. The molecule has 0 saturated heterocycles. The number of ether oxygens (including phenoxy) is 2. The highest BCUT2D eigenvalue weighted by Crippen LogP contribution is 2.31. The molecule has 0 aliphatic heterocycles. The van der Waals surface area contributed by atoms with Crippen LogP contribution in [0.25, 0.3) is 22.2 Å². The molecular weight excluding hydrogens is 387 g/mol. The van der Waals surface area contributed by atoms with Crippen LogP contribution in [0.4, 0.5) is 4.39 Å². The van der Waals surface area contributed by atoms with Gasteiger partial charge in [0.05, 0.1) is 23.4 Å². The smallest absolute Gasteiger partial charge is 0.338 e. The lowest BCUT2D eigenvalue weighted by Crippen LogP contribution is -2.34. The topological polar surface area (TPSA) is 77.5 Å². The van der Waals surface area contributed by atoms with Crippen LogP contribution in [-0.2, 0) is 9.53 Å². The maximum absolute atomic E-state index is 13.3. The van der Waals surface area contributed by atoms with E-state index in [9.17, 15) is 14.0 Å². The van der Waals surface area contributed by atoms with Gasteiger partial charge in [-0.3, -0.25) is 4.79 Å². The van der Waals surface area contributed by atoms with E-state index in [1.54, 1.807) is 43.3 Å². The third-order valence-corrected chi connectivity index (χ3v) is 4.23. The zero-order valence-corrected chi connectivity index (χ0v) is 17.1. The molecule has 1 aromatic heterocycles. The fraction of sp³-hybridized carbons (Fsp3) is 0.261. The van der Waals surface area contributed by atoms with Crippen molar-refractivity contribution < 1.29 is 23.5 Å². The minimum atomic E-state index is -0.453. The van der Waals surface area contributed by atoms with E-state index in [0.717, 1.165) is 0 Å². The van der Waals surface area contributed by atoms with Crippen LogP contribution in [0.15, 0.2) is 48.5 Å². The van der Waals surface area contributed by atoms with Crippen molar-refractivity contribution >= 4 is 22.8 Å². The number of rotatable bonds is 7. The standard InChI is InChI=1S/C23H23FN2O4/c1-4-29-23(28)16-7-10-19-18(11-16)21(30-13-22(27)25-14(2)3)12-20(26-19)15-5-8-17(24)9-6-15/h5-12,14H,4,13H2,1-3H3,(H,25,27). The summed E-state index contributed by atoms with van der Waals surface area (Å²) in [5.41, 5.74) is 2.19. The highest BCUT2D eigenvalue weighted by atomic mass is 19.1. The third-order valence-electron chi connectivity index (χ3n) is 4.23. The van der Waals surface area contributed by atoms with E-state index in [-0.39, 0.29) is 31.0 Å². The molecule has 7 heteroatoms. The normalized spacial score (nSPS) is 10.8. The second kappa shape index (κ2) is 9.35. The summed E-state index contributed by atoms with van der Waals surface area (Å²) in [7, 11) is 0. The average molecular weight is 410 g/mol. The first-order valence-corrected chi connectivity index (χ1v) is 9.67. The number of esters is 1. The third kappa shape index (κ3) is 5.11. The molecule has 0 aliphatic carbocycles. The highest BCUT2D eigenvalue weighted by Gasteiger charge is 2.14. The summed E-state index contributed by atoms with van der Waals surface area (Å²) in [6.07, 6.45) is 0. The van der Waals surface area contributed by atoms with Gasteiger partial charge in [-0.2, -0.15) is 0 Å². The summed E-state index contributed by atoms with van der Waals surface area (Å²) in [6, 6.07) is 12.5. The number of carbonyl (C=O) groups is 2. The Morgan fingerprint density at radius 1 is 1.10 bits per heavy atom. The number of nitrogens with one attached hydrogen (secondary N) is 1. The Labute approximate surface area is 174 Å². The number of amides is 1. The van der Waals surface area contributed by atoms with Gasteiger partial charge in [0.25, 0.3) is 5.91 Å². The molecule has 0 fully saturated rings. The van der Waals surface area contributed by atoms with Gasteiger partial charge >= 0.3 is 5.97 Å². The Balaban J connectivity index is 2.03. The minimum Gasteiger partial charge on any atom is -0.483 e. The molecule has 3 rings (SSSR count). The van der Waals surface area contributed by atoms with Gasteiger partial charge < -0.3 is 14.8 Å². The molecule has 0 aliphatic rings. The zero-order valence-electron chi connectivity index (χ0n) is 17.1. The number of fused-ring (bicyclic) bond motifs is 1. The molecule has 0 bridgehead atoms. The number of nitrogens with zero attached hydrogens (tertiary/aromatic N) is 1. The minimum absolute atomic E-state index is 0.0134. The van der Waals surface area contributed by atoms with Crippen molar-refractivity contribution in [2.75, 3.05) is 13.2 Å². The van der Waals surface area contributed by atoms with E-state index in [1.807, 2.05) is 13.8 Å². The quantitative estimate of drug-likeness (QED) is 0.593. The molecule has 0 spiro atoms. The summed E-state index contributed by atoms with van der Waals surface area (Å²) in [5, 5.41) is 3.34. The van der Waals surface area contributed by atoms with Crippen molar-refractivity contribution in [3.05, 3.63) is 59.9 Å². The molecule has 1 heterocycles. The van der Waals surface area contributed by atoms with Crippen molar-refractivity contribution in [1.29, 1.82) is 0 Å². The molecule has 156 valence electrons. The van der Waals surface area contributed by atoms with Crippen LogP contribution in [-0.4, -0.2) is 36.1 Å². The van der Waals surface area contributed by atoms with Crippen molar-refractivity contribution in [2.24, 2.45) is 0 Å². The van der Waals surface area contributed by atoms with Gasteiger partial charge in [0, 0.05) is 23.1 Å². The molecule has 0 radical (unpaired) electrons. The van der Waals surface area contributed by atoms with Crippen LogP contribution in [0.2, 0.25) is 0 Å². The number of hydrogen-bond donors (Lipinski definition) is 1. The summed E-state index contributed by atoms with van der Waals surface area (Å²) in [6.45, 7) is 5.52. The number of hydrogen-bond acceptors (Lipinski definition) is 5. The number of carbonyl (C=O) groups excluding carboxylic acids is 2. The van der Waals surface area contributed by atoms with Crippen LogP contribution >= 0.6 is 0 Å². The monoisotopic (exact) mass is 410 g/mol. The van der Waals surface area contributed by atoms with Gasteiger partial charge in [-0.15, -0.1) is 0 Å². The van der Waals surface area contributed by atoms with Gasteiger partial charge in [-0.1, -0.05) is 0 Å². The fourth-order valence-corrected chi connectivity index (χ4v) is 2.93. The van der Waals surface area contributed by atoms with E-state index in [0.29, 0.717) is 33.5 Å². The lowest BCUT2D eigenvalue weighted by Gasteiger charge is -2.14. The SMILES string of the molecule is CCOC(=O)c1ccc2nc(-c3ccc(F)cc3)cc(OCC(=O)NC(C)C)c2c1. The van der Waals surface area contributed by atoms with Crippen LogP contribution < -0.4 is 10.1 Å². The largest absolute Gasteiger partial charge is 0.483 e. The predicted molar refractivity (Wildman–Crippen MR) is 112 cm³/mol. The first-order valence-electron chi connectivity index (χ1n) is 9.67. The fourth-order valence-electron chi connectivity index (χ4n) is 2.93. The van der Waals surface area contributed by atoms with Gasteiger partial charge in [-0.05, 0) is 63.2 Å². The van der Waals surface area contributed by atoms with Gasteiger partial charge in [0.15, 0.2) is 6.61 Å².